The van der Waals surface area contributed by atoms with Crippen LogP contribution >= 0.6 is 11.8 Å². The minimum absolute atomic E-state index is 0.351. The van der Waals surface area contributed by atoms with Gasteiger partial charge in [0.15, 0.2) is 0 Å². The zero-order valence-corrected chi connectivity index (χ0v) is 20.1. The molecule has 5 heteroatoms. The Morgan fingerprint density at radius 1 is 0.750 bits per heavy atom. The topological polar surface area (TPSA) is 54.1 Å². The third-order valence-electron chi connectivity index (χ3n) is 5.57. The third-order valence-corrected chi connectivity index (χ3v) is 6.56. The molecule has 4 nitrogen and oxygen atoms in total. The molecule has 2 aromatic carbocycles. The molecular formula is C27H36N4S. The summed E-state index contributed by atoms with van der Waals surface area (Å²) in [5, 5.41) is 18.4. The number of unbranched alkanes of at least 4 members (excludes halogenated alkanes) is 2. The molecule has 2 rings (SSSR count). The molecule has 32 heavy (non-hydrogen) atoms. The van der Waals surface area contributed by atoms with Crippen molar-refractivity contribution in [2.24, 2.45) is 0 Å². The van der Waals surface area contributed by atoms with E-state index in [0.29, 0.717) is 18.1 Å². The first kappa shape index (κ1) is 25.9. The van der Waals surface area contributed by atoms with Gasteiger partial charge < -0.3 is 0 Å². The lowest BCUT2D eigenvalue weighted by Gasteiger charge is -2.27. The van der Waals surface area contributed by atoms with Gasteiger partial charge in [-0.25, -0.2) is 0 Å². The number of rotatable bonds is 16. The standard InChI is InChI=1S/C27H36N4S/c1-32-27(16-18-29)24-31(23-26-14-6-3-7-15-26)21-11-10-20-30(19-9-8-17-28)22-25-12-4-2-5-13-25/h2-7,12-15,27H,8-11,16,19-24H2,1H3. The van der Waals surface area contributed by atoms with Crippen LogP contribution in [0.25, 0.3) is 0 Å². The zero-order chi connectivity index (χ0) is 22.9. The molecule has 2 aromatic rings. The largest absolute Gasteiger partial charge is 0.299 e. The van der Waals surface area contributed by atoms with Gasteiger partial charge in [0, 0.05) is 37.7 Å². The highest BCUT2D eigenvalue weighted by molar-refractivity contribution is 7.99. The maximum Gasteiger partial charge on any atom is 0.0633 e. The SMILES string of the molecule is CSC(CC#N)CN(CCCCN(CCCC#N)Cc1ccccc1)Cc1ccccc1. The van der Waals surface area contributed by atoms with Gasteiger partial charge in [-0.05, 0) is 56.3 Å². The number of hydrogen-bond donors (Lipinski definition) is 0. The molecule has 0 radical (unpaired) electrons. The van der Waals surface area contributed by atoms with Crippen molar-refractivity contribution in [1.82, 2.24) is 9.80 Å². The van der Waals surface area contributed by atoms with Gasteiger partial charge in [0.05, 0.1) is 12.1 Å². The van der Waals surface area contributed by atoms with E-state index in [1.54, 1.807) is 11.8 Å². The molecule has 0 bridgehead atoms. The Bertz CT molecular complexity index is 813. The Kier molecular flexibility index (Phi) is 13.2. The summed E-state index contributed by atoms with van der Waals surface area (Å²) >= 11 is 1.79. The summed E-state index contributed by atoms with van der Waals surface area (Å²) in [5.74, 6) is 0. The molecule has 1 atom stereocenters. The van der Waals surface area contributed by atoms with E-state index in [1.807, 2.05) is 0 Å². The highest BCUT2D eigenvalue weighted by Gasteiger charge is 2.14. The monoisotopic (exact) mass is 448 g/mol. The average molecular weight is 449 g/mol. The van der Waals surface area contributed by atoms with E-state index in [9.17, 15) is 0 Å². The molecule has 0 N–H and O–H groups in total. The molecule has 0 saturated carbocycles. The molecule has 0 fully saturated rings. The van der Waals surface area contributed by atoms with Gasteiger partial charge in [-0.2, -0.15) is 22.3 Å². The average Bonchev–Trinajstić information content (AvgIpc) is 2.82. The van der Waals surface area contributed by atoms with Gasteiger partial charge in [-0.3, -0.25) is 9.80 Å². The Hall–Kier alpha value is -2.31. The van der Waals surface area contributed by atoms with E-state index in [-0.39, 0.29) is 0 Å². The summed E-state index contributed by atoms with van der Waals surface area (Å²) in [7, 11) is 0. The second-order valence-corrected chi connectivity index (χ2v) is 9.31. The fourth-order valence-corrected chi connectivity index (χ4v) is 4.45. The van der Waals surface area contributed by atoms with Gasteiger partial charge in [0.25, 0.3) is 0 Å². The maximum atomic E-state index is 9.15. The van der Waals surface area contributed by atoms with Crippen molar-refractivity contribution in [3.8, 4) is 12.1 Å². The van der Waals surface area contributed by atoms with Crippen LogP contribution in [0.3, 0.4) is 0 Å². The van der Waals surface area contributed by atoms with E-state index in [1.165, 1.54) is 11.1 Å². The van der Waals surface area contributed by atoms with Crippen molar-refractivity contribution >= 4 is 11.8 Å². The Morgan fingerprint density at radius 3 is 1.81 bits per heavy atom. The zero-order valence-electron chi connectivity index (χ0n) is 19.3. The second-order valence-electron chi connectivity index (χ2n) is 8.17. The highest BCUT2D eigenvalue weighted by atomic mass is 32.2. The van der Waals surface area contributed by atoms with Crippen LogP contribution in [0.5, 0.6) is 0 Å². The Labute approximate surface area is 198 Å². The molecule has 0 aliphatic heterocycles. The highest BCUT2D eigenvalue weighted by Crippen LogP contribution is 2.16. The number of thioether (sulfide) groups is 1. The van der Waals surface area contributed by atoms with E-state index < -0.39 is 0 Å². The lowest BCUT2D eigenvalue weighted by molar-refractivity contribution is 0.231. The Morgan fingerprint density at radius 2 is 1.28 bits per heavy atom. The lowest BCUT2D eigenvalue weighted by Crippen LogP contribution is -2.32. The summed E-state index contributed by atoms with van der Waals surface area (Å²) < 4.78 is 0. The summed E-state index contributed by atoms with van der Waals surface area (Å²) in [4.78, 5) is 4.99. The van der Waals surface area contributed by atoms with Crippen LogP contribution in [0.15, 0.2) is 60.7 Å². The molecule has 0 amide bonds. The van der Waals surface area contributed by atoms with E-state index in [0.717, 1.165) is 58.5 Å². The lowest BCUT2D eigenvalue weighted by atomic mass is 10.1. The van der Waals surface area contributed by atoms with Crippen LogP contribution in [-0.2, 0) is 13.1 Å². The molecule has 0 aromatic heterocycles. The number of nitrogens with zero attached hydrogens (tertiary/aromatic N) is 4. The van der Waals surface area contributed by atoms with Gasteiger partial charge in [0.2, 0.25) is 0 Å². The third kappa shape index (κ3) is 10.8. The van der Waals surface area contributed by atoms with Crippen LogP contribution in [0.2, 0.25) is 0 Å². The van der Waals surface area contributed by atoms with Crippen molar-refractivity contribution in [3.05, 3.63) is 71.8 Å². The Balaban J connectivity index is 1.88. The molecule has 0 spiro atoms. The quantitative estimate of drug-likeness (QED) is 0.307. The van der Waals surface area contributed by atoms with E-state index in [2.05, 4.69) is 88.9 Å². The summed E-state index contributed by atoms with van der Waals surface area (Å²) in [5.41, 5.74) is 2.65. The predicted molar refractivity (Wildman–Crippen MR) is 135 cm³/mol. The minimum atomic E-state index is 0.351. The van der Waals surface area contributed by atoms with Gasteiger partial charge in [-0.15, -0.1) is 0 Å². The second kappa shape index (κ2) is 16.3. The van der Waals surface area contributed by atoms with Gasteiger partial charge in [0.1, 0.15) is 0 Å². The predicted octanol–water partition coefficient (Wildman–Crippen LogP) is 5.72. The van der Waals surface area contributed by atoms with Crippen LogP contribution in [0, 0.1) is 22.7 Å². The first-order chi connectivity index (χ1) is 15.7. The molecule has 0 aliphatic rings. The first-order valence-electron chi connectivity index (χ1n) is 11.5. The van der Waals surface area contributed by atoms with Crippen molar-refractivity contribution < 1.29 is 0 Å². The minimum Gasteiger partial charge on any atom is -0.299 e. The summed E-state index contributed by atoms with van der Waals surface area (Å²) in [6, 6.07) is 25.8. The van der Waals surface area contributed by atoms with Gasteiger partial charge in [-0.1, -0.05) is 60.7 Å². The molecule has 0 heterocycles. The number of benzene rings is 2. The molecular weight excluding hydrogens is 412 g/mol. The molecule has 0 aliphatic carbocycles. The van der Waals surface area contributed by atoms with Crippen molar-refractivity contribution in [2.75, 3.05) is 32.4 Å². The van der Waals surface area contributed by atoms with E-state index >= 15 is 0 Å². The van der Waals surface area contributed by atoms with Crippen LogP contribution < -0.4 is 0 Å². The van der Waals surface area contributed by atoms with Crippen molar-refractivity contribution in [3.63, 3.8) is 0 Å². The number of hydrogen-bond acceptors (Lipinski definition) is 5. The summed E-state index contributed by atoms with van der Waals surface area (Å²) in [6.45, 7) is 5.86. The van der Waals surface area contributed by atoms with Crippen LogP contribution in [0.1, 0.15) is 43.2 Å². The molecule has 1 unspecified atom stereocenters. The summed E-state index contributed by atoms with van der Waals surface area (Å²) in [6.07, 6.45) is 6.50. The normalized spacial score (nSPS) is 11.9. The first-order valence-corrected chi connectivity index (χ1v) is 12.8. The molecule has 0 saturated heterocycles. The van der Waals surface area contributed by atoms with Crippen LogP contribution in [0.4, 0.5) is 0 Å². The maximum absolute atomic E-state index is 9.15. The fraction of sp³-hybridized carbons (Fsp3) is 0.481. The van der Waals surface area contributed by atoms with E-state index in [4.69, 9.17) is 10.5 Å². The smallest absolute Gasteiger partial charge is 0.0633 e. The van der Waals surface area contributed by atoms with Crippen molar-refractivity contribution in [1.29, 1.82) is 10.5 Å². The number of nitriles is 2. The fourth-order valence-electron chi connectivity index (χ4n) is 3.85. The van der Waals surface area contributed by atoms with Crippen LogP contribution in [-0.4, -0.2) is 47.5 Å². The molecule has 170 valence electrons. The van der Waals surface area contributed by atoms with Crippen molar-refractivity contribution in [2.45, 2.75) is 50.4 Å². The van der Waals surface area contributed by atoms with Gasteiger partial charge >= 0.3 is 0 Å².